The number of nitrogens with one attached hydrogen (secondary N) is 2. The Morgan fingerprint density at radius 1 is 1.09 bits per heavy atom. The lowest BCUT2D eigenvalue weighted by Gasteiger charge is -2.21. The lowest BCUT2D eigenvalue weighted by Crippen LogP contribution is -2.20. The van der Waals surface area contributed by atoms with Crippen LogP contribution >= 0.6 is 0 Å². The van der Waals surface area contributed by atoms with Gasteiger partial charge >= 0.3 is 11.7 Å². The van der Waals surface area contributed by atoms with Crippen LogP contribution < -0.4 is 16.3 Å². The number of phenolic OH excluding ortho intramolecular Hbond substituents is 1. The van der Waals surface area contributed by atoms with Crippen LogP contribution in [0.25, 0.3) is 11.0 Å². The molecule has 0 saturated carbocycles. The van der Waals surface area contributed by atoms with Crippen molar-refractivity contribution in [1.82, 2.24) is 4.98 Å². The van der Waals surface area contributed by atoms with Crippen LogP contribution in [0.4, 0.5) is 20.7 Å². The van der Waals surface area contributed by atoms with Crippen molar-refractivity contribution in [3.05, 3.63) is 93.2 Å². The highest BCUT2D eigenvalue weighted by Crippen LogP contribution is 2.35. The zero-order valence-corrected chi connectivity index (χ0v) is 19.9. The number of carbonyl (C=O) groups excluding carboxylic acids is 1. The van der Waals surface area contributed by atoms with Crippen LogP contribution in [0.5, 0.6) is 5.75 Å². The maximum Gasteiger partial charge on any atom is 0.340 e. The third kappa shape index (κ3) is 5.32. The number of carbonyl (C=O) groups is 1. The molecule has 8 heteroatoms. The van der Waals surface area contributed by atoms with Crippen molar-refractivity contribution in [1.29, 1.82) is 0 Å². The molecule has 3 N–H and O–H groups in total. The predicted octanol–water partition coefficient (Wildman–Crippen LogP) is 5.87. The maximum atomic E-state index is 13.0. The van der Waals surface area contributed by atoms with Gasteiger partial charge in [-0.1, -0.05) is 26.8 Å². The largest absolute Gasteiger partial charge is 0.508 e. The molecule has 2 heterocycles. The van der Waals surface area contributed by atoms with Gasteiger partial charge in [0.15, 0.2) is 0 Å². The molecule has 0 aliphatic rings. The number of pyridine rings is 1. The third-order valence-electron chi connectivity index (χ3n) is 5.76. The Labute approximate surface area is 201 Å². The molecular formula is C27H26FN3O4. The van der Waals surface area contributed by atoms with E-state index in [2.05, 4.69) is 15.6 Å². The van der Waals surface area contributed by atoms with Gasteiger partial charge in [0.25, 0.3) is 0 Å². The first-order valence-electron chi connectivity index (χ1n) is 11.1. The number of fused-ring (bicyclic) bond motifs is 1. The molecule has 0 radical (unpaired) electrons. The van der Waals surface area contributed by atoms with Crippen LogP contribution in [0, 0.1) is 12.7 Å². The second kappa shape index (κ2) is 9.21. The minimum absolute atomic E-state index is 0.0936. The number of rotatable bonds is 4. The topological polar surface area (TPSA) is 104 Å². The Morgan fingerprint density at radius 3 is 2.43 bits per heavy atom. The fourth-order valence-corrected chi connectivity index (χ4v) is 3.85. The van der Waals surface area contributed by atoms with Crippen molar-refractivity contribution in [3.63, 3.8) is 0 Å². The Bertz CT molecular complexity index is 1450. The number of hydrogen-bond donors (Lipinski definition) is 3. The van der Waals surface area contributed by atoms with Gasteiger partial charge in [-0.2, -0.15) is 0 Å². The molecule has 180 valence electrons. The number of anilines is 2. The highest BCUT2D eigenvalue weighted by atomic mass is 19.1. The molecule has 0 aliphatic carbocycles. The second-order valence-corrected chi connectivity index (χ2v) is 9.42. The molecule has 4 aromatic rings. The zero-order valence-electron chi connectivity index (χ0n) is 19.9. The fourth-order valence-electron chi connectivity index (χ4n) is 3.85. The average molecular weight is 476 g/mol. The highest BCUT2D eigenvalue weighted by Gasteiger charge is 2.21. The summed E-state index contributed by atoms with van der Waals surface area (Å²) in [4.78, 5) is 29.1. The number of urea groups is 1. The smallest absolute Gasteiger partial charge is 0.340 e. The summed E-state index contributed by atoms with van der Waals surface area (Å²) in [6, 6.07) is 11.7. The quantitative estimate of drug-likeness (QED) is 0.320. The summed E-state index contributed by atoms with van der Waals surface area (Å²) < 4.78 is 18.5. The van der Waals surface area contributed by atoms with Gasteiger partial charge in [0.1, 0.15) is 23.0 Å². The molecule has 0 saturated heterocycles. The molecule has 0 atom stereocenters. The number of halogens is 1. The fraction of sp³-hybridized carbons (Fsp3) is 0.222. The van der Waals surface area contributed by atoms with E-state index in [0.29, 0.717) is 29.1 Å². The number of phenols is 1. The summed E-state index contributed by atoms with van der Waals surface area (Å²) >= 11 is 0. The first kappa shape index (κ1) is 23.9. The van der Waals surface area contributed by atoms with Crippen molar-refractivity contribution in [3.8, 4) is 5.75 Å². The first-order chi connectivity index (χ1) is 16.5. The minimum atomic E-state index is -0.513. The van der Waals surface area contributed by atoms with E-state index < -0.39 is 17.5 Å². The third-order valence-corrected chi connectivity index (χ3v) is 5.76. The molecule has 4 rings (SSSR count). The zero-order chi connectivity index (χ0) is 25.3. The van der Waals surface area contributed by atoms with Crippen molar-refractivity contribution in [2.45, 2.75) is 39.5 Å². The number of aromatic nitrogens is 1. The Balaban J connectivity index is 1.53. The summed E-state index contributed by atoms with van der Waals surface area (Å²) in [7, 11) is 0. The number of amides is 2. The molecule has 2 amide bonds. The lowest BCUT2D eigenvalue weighted by molar-refractivity contribution is 0.262. The summed E-state index contributed by atoms with van der Waals surface area (Å²) in [6.07, 6.45) is 1.87. The van der Waals surface area contributed by atoms with Crippen molar-refractivity contribution in [2.75, 3.05) is 10.6 Å². The molecule has 0 aliphatic heterocycles. The van der Waals surface area contributed by atoms with Gasteiger partial charge in [-0.05, 0) is 59.9 Å². The van der Waals surface area contributed by atoms with E-state index in [1.165, 1.54) is 30.3 Å². The lowest BCUT2D eigenvalue weighted by atomic mass is 9.85. The highest BCUT2D eigenvalue weighted by molar-refractivity contribution is 5.99. The van der Waals surface area contributed by atoms with Gasteiger partial charge in [-0.3, -0.25) is 5.32 Å². The van der Waals surface area contributed by atoms with E-state index in [9.17, 15) is 19.1 Å². The molecule has 2 aromatic carbocycles. The maximum absolute atomic E-state index is 13.0. The summed E-state index contributed by atoms with van der Waals surface area (Å²) in [5.41, 5.74) is 2.84. The number of aromatic hydroxyl groups is 1. The summed E-state index contributed by atoms with van der Waals surface area (Å²) in [5, 5.41) is 16.4. The van der Waals surface area contributed by atoms with Gasteiger partial charge in [0.2, 0.25) is 0 Å². The molecular weight excluding hydrogens is 449 g/mol. The van der Waals surface area contributed by atoms with Crippen molar-refractivity contribution in [2.24, 2.45) is 0 Å². The number of benzene rings is 2. The van der Waals surface area contributed by atoms with Crippen molar-refractivity contribution >= 4 is 28.5 Å². The Morgan fingerprint density at radius 2 is 1.80 bits per heavy atom. The van der Waals surface area contributed by atoms with E-state index in [-0.39, 0.29) is 11.2 Å². The van der Waals surface area contributed by atoms with Crippen LogP contribution in [0.2, 0.25) is 0 Å². The molecule has 2 aromatic heterocycles. The van der Waals surface area contributed by atoms with Crippen LogP contribution in [0.1, 0.15) is 43.0 Å². The van der Waals surface area contributed by atoms with E-state index in [1.807, 2.05) is 33.8 Å². The van der Waals surface area contributed by atoms with E-state index >= 15 is 0 Å². The Kier molecular flexibility index (Phi) is 6.30. The van der Waals surface area contributed by atoms with E-state index in [1.54, 1.807) is 18.3 Å². The van der Waals surface area contributed by atoms with Crippen molar-refractivity contribution < 1.29 is 18.7 Å². The van der Waals surface area contributed by atoms with Gasteiger partial charge < -0.3 is 14.8 Å². The van der Waals surface area contributed by atoms with Gasteiger partial charge in [-0.25, -0.2) is 19.0 Å². The molecule has 0 bridgehead atoms. The molecule has 0 fully saturated rings. The average Bonchev–Trinajstić information content (AvgIpc) is 2.78. The molecule has 0 spiro atoms. The molecule has 0 unspecified atom stereocenters. The molecule has 7 nitrogen and oxygen atoms in total. The summed E-state index contributed by atoms with van der Waals surface area (Å²) in [5.74, 6) is 0.0219. The standard InChI is InChI=1S/C27H26FN3O4/c1-15-19-12-21(27(2,3)4)22(32)13-23(19)35-25(33)20(15)11-16-5-10-24(29-14-16)31-26(34)30-18-8-6-17(28)7-9-18/h5-10,12-14,32H,11H2,1-4H3,(H2,29,30,31,34). The normalized spacial score (nSPS) is 11.5. The monoisotopic (exact) mass is 475 g/mol. The number of nitrogens with zero attached hydrogens (tertiary/aromatic N) is 1. The second-order valence-electron chi connectivity index (χ2n) is 9.42. The van der Waals surface area contributed by atoms with E-state index in [0.717, 1.165) is 22.1 Å². The van der Waals surface area contributed by atoms with Crippen LogP contribution in [0.15, 0.2) is 63.9 Å². The van der Waals surface area contributed by atoms with Gasteiger partial charge in [-0.15, -0.1) is 0 Å². The van der Waals surface area contributed by atoms with Crippen LogP contribution in [-0.4, -0.2) is 16.1 Å². The Hall–Kier alpha value is -4.20. The van der Waals surface area contributed by atoms with Gasteiger partial charge in [0, 0.05) is 40.9 Å². The SMILES string of the molecule is Cc1c(Cc2ccc(NC(=O)Nc3ccc(F)cc3)nc2)c(=O)oc2cc(O)c(C(C)(C)C)cc12. The van der Waals surface area contributed by atoms with Crippen LogP contribution in [-0.2, 0) is 11.8 Å². The minimum Gasteiger partial charge on any atom is -0.508 e. The summed E-state index contributed by atoms with van der Waals surface area (Å²) in [6.45, 7) is 7.88. The molecule has 35 heavy (non-hydrogen) atoms. The first-order valence-corrected chi connectivity index (χ1v) is 11.1. The predicted molar refractivity (Wildman–Crippen MR) is 134 cm³/mol. The van der Waals surface area contributed by atoms with Gasteiger partial charge in [0.05, 0.1) is 0 Å². The van der Waals surface area contributed by atoms with E-state index in [4.69, 9.17) is 4.42 Å². The van der Waals surface area contributed by atoms with Crippen LogP contribution in [0.3, 0.4) is 0 Å². The number of hydrogen-bond acceptors (Lipinski definition) is 5. The number of aryl methyl sites for hydroxylation is 1.